The summed E-state index contributed by atoms with van der Waals surface area (Å²) < 4.78 is 5.19. The van der Waals surface area contributed by atoms with Crippen molar-refractivity contribution in [1.29, 1.82) is 0 Å². The Morgan fingerprint density at radius 1 is 0.885 bits per heavy atom. The van der Waals surface area contributed by atoms with Crippen molar-refractivity contribution in [2.24, 2.45) is 0 Å². The summed E-state index contributed by atoms with van der Waals surface area (Å²) in [4.78, 5) is 10.4. The second-order valence-corrected chi connectivity index (χ2v) is 6.85. The number of ether oxygens (including phenoxy) is 1. The highest BCUT2D eigenvalue weighted by molar-refractivity contribution is 6.37. The maximum absolute atomic E-state index is 10.9. The first-order valence-corrected chi connectivity index (χ1v) is 8.47. The third kappa shape index (κ3) is 2.74. The summed E-state index contributed by atoms with van der Waals surface area (Å²) >= 11 is 18.8. The molecule has 0 atom stereocenters. The molecule has 3 aromatic carbocycles. The number of fused-ring (bicyclic) bond motifs is 1. The second-order valence-electron chi connectivity index (χ2n) is 5.63. The summed E-state index contributed by atoms with van der Waals surface area (Å²) in [7, 11) is 0. The second kappa shape index (κ2) is 6.06. The van der Waals surface area contributed by atoms with Gasteiger partial charge < -0.3 is 9.84 Å². The molecule has 1 heterocycles. The Balaban J connectivity index is 1.94. The largest absolute Gasteiger partial charge is 0.504 e. The van der Waals surface area contributed by atoms with Crippen LogP contribution in [0.4, 0.5) is 5.69 Å². The molecule has 0 bridgehead atoms. The highest BCUT2D eigenvalue weighted by Gasteiger charge is 2.32. The minimum Gasteiger partial charge on any atom is -0.504 e. The summed E-state index contributed by atoms with van der Waals surface area (Å²) in [6.07, 6.45) is 0. The quantitative estimate of drug-likeness (QED) is 0.232. The van der Waals surface area contributed by atoms with E-state index in [1.54, 1.807) is 24.3 Å². The number of nitro groups is 1. The lowest BCUT2D eigenvalue weighted by molar-refractivity contribution is -0.384. The number of non-ortho nitro benzene ring substituents is 1. The van der Waals surface area contributed by atoms with Crippen molar-refractivity contribution in [2.45, 2.75) is 0 Å². The van der Waals surface area contributed by atoms with E-state index >= 15 is 0 Å². The molecule has 8 heteroatoms. The lowest BCUT2D eigenvalue weighted by Crippen LogP contribution is -1.91. The maximum Gasteiger partial charge on any atom is 0.270 e. The summed E-state index contributed by atoms with van der Waals surface area (Å²) in [5.74, 6) is 0.773. The van der Waals surface area contributed by atoms with Crippen molar-refractivity contribution in [1.82, 2.24) is 0 Å². The molecule has 0 fully saturated rings. The van der Waals surface area contributed by atoms with E-state index in [9.17, 15) is 15.2 Å². The average molecular weight is 409 g/mol. The topological polar surface area (TPSA) is 75.9 Å². The Morgan fingerprint density at radius 3 is 2.31 bits per heavy atom. The van der Waals surface area contributed by atoms with E-state index in [0.29, 0.717) is 43.8 Å². The van der Waals surface area contributed by atoms with Crippen molar-refractivity contribution in [3.05, 3.63) is 67.6 Å². The number of rotatable bonds is 3. The van der Waals surface area contributed by atoms with Crippen molar-refractivity contribution in [3.8, 4) is 39.5 Å². The summed E-state index contributed by atoms with van der Waals surface area (Å²) in [6.45, 7) is 0. The molecule has 1 N–H and O–H groups in total. The number of halogens is 3. The van der Waals surface area contributed by atoms with E-state index in [0.717, 1.165) is 0 Å². The van der Waals surface area contributed by atoms with E-state index < -0.39 is 4.92 Å². The molecule has 1 aliphatic heterocycles. The summed E-state index contributed by atoms with van der Waals surface area (Å²) in [5.41, 5.74) is 2.26. The van der Waals surface area contributed by atoms with E-state index in [4.69, 9.17) is 39.5 Å². The number of hydrogen-bond acceptors (Lipinski definition) is 4. The van der Waals surface area contributed by atoms with Crippen LogP contribution in [0.5, 0.6) is 17.2 Å². The van der Waals surface area contributed by atoms with E-state index in [1.807, 2.05) is 0 Å². The van der Waals surface area contributed by atoms with Gasteiger partial charge in [0.25, 0.3) is 5.69 Å². The number of nitrogens with zero attached hydrogens (tertiary/aromatic N) is 1. The molecule has 130 valence electrons. The van der Waals surface area contributed by atoms with Crippen LogP contribution in [0.15, 0.2) is 42.5 Å². The monoisotopic (exact) mass is 407 g/mol. The van der Waals surface area contributed by atoms with Crippen LogP contribution < -0.4 is 4.74 Å². The highest BCUT2D eigenvalue weighted by Crippen LogP contribution is 2.60. The normalized spacial score (nSPS) is 11.7. The van der Waals surface area contributed by atoms with Gasteiger partial charge in [-0.3, -0.25) is 10.1 Å². The van der Waals surface area contributed by atoms with Crippen molar-refractivity contribution >= 4 is 40.5 Å². The van der Waals surface area contributed by atoms with Crippen LogP contribution in [-0.2, 0) is 0 Å². The predicted octanol–water partition coefficient (Wildman–Crippen LogP) is 6.70. The van der Waals surface area contributed by atoms with Gasteiger partial charge in [0, 0.05) is 28.3 Å². The number of phenolic OH excluding ortho intramolecular Hbond substituents is 1. The van der Waals surface area contributed by atoms with Crippen LogP contribution in [0.2, 0.25) is 15.1 Å². The molecular formula is C18H8Cl3NO4. The number of hydrogen-bond donors (Lipinski definition) is 1. The maximum atomic E-state index is 10.9. The van der Waals surface area contributed by atoms with Gasteiger partial charge >= 0.3 is 0 Å². The van der Waals surface area contributed by atoms with Crippen molar-refractivity contribution < 1.29 is 14.8 Å². The SMILES string of the molecule is O=[N+]([O-])c1ccc(-c2cc(Cl)ccc2-c2cc(O)c3c(c2Cl)O3)c(Cl)c1. The van der Waals surface area contributed by atoms with Crippen LogP contribution in [0.1, 0.15) is 0 Å². The molecule has 0 spiro atoms. The molecule has 0 saturated carbocycles. The predicted molar refractivity (Wildman–Crippen MR) is 101 cm³/mol. The molecule has 0 saturated heterocycles. The molecular weight excluding hydrogens is 401 g/mol. The zero-order chi connectivity index (χ0) is 18.6. The first-order chi connectivity index (χ1) is 12.4. The summed E-state index contributed by atoms with van der Waals surface area (Å²) in [6, 6.07) is 10.8. The zero-order valence-electron chi connectivity index (χ0n) is 12.8. The third-order valence-electron chi connectivity index (χ3n) is 4.04. The first-order valence-electron chi connectivity index (χ1n) is 7.34. The molecule has 0 aromatic heterocycles. The third-order valence-corrected chi connectivity index (χ3v) is 4.97. The van der Waals surface area contributed by atoms with Gasteiger partial charge in [-0.05, 0) is 35.4 Å². The molecule has 0 aliphatic carbocycles. The van der Waals surface area contributed by atoms with Crippen LogP contribution >= 0.6 is 34.8 Å². The van der Waals surface area contributed by atoms with Crippen molar-refractivity contribution in [3.63, 3.8) is 0 Å². The Labute approximate surface area is 162 Å². The van der Waals surface area contributed by atoms with Gasteiger partial charge in [-0.25, -0.2) is 0 Å². The smallest absolute Gasteiger partial charge is 0.270 e. The Kier molecular flexibility index (Phi) is 3.95. The molecule has 5 nitrogen and oxygen atoms in total. The highest BCUT2D eigenvalue weighted by atomic mass is 35.5. The van der Waals surface area contributed by atoms with Gasteiger partial charge in [0.2, 0.25) is 5.75 Å². The standard InChI is InChI=1S/C18H8Cl3NO4/c19-8-1-3-10(13-7-15(23)17-18(26-17)16(13)21)12(5-8)11-4-2-9(22(24)25)6-14(11)20/h1-7,23H. The van der Waals surface area contributed by atoms with Crippen LogP contribution in [0, 0.1) is 10.1 Å². The Bertz CT molecular complexity index is 1100. The molecule has 1 aliphatic rings. The minimum absolute atomic E-state index is 0.0184. The molecule has 0 amide bonds. The molecule has 3 aromatic rings. The molecule has 0 radical (unpaired) electrons. The fraction of sp³-hybridized carbons (Fsp3) is 0. The minimum atomic E-state index is -0.520. The Morgan fingerprint density at radius 2 is 1.62 bits per heavy atom. The van der Waals surface area contributed by atoms with Gasteiger partial charge in [0.1, 0.15) is 0 Å². The van der Waals surface area contributed by atoms with E-state index in [2.05, 4.69) is 0 Å². The zero-order valence-corrected chi connectivity index (χ0v) is 15.1. The molecule has 0 unspecified atom stereocenters. The van der Waals surface area contributed by atoms with Gasteiger partial charge in [-0.2, -0.15) is 0 Å². The lowest BCUT2D eigenvalue weighted by Gasteiger charge is -2.13. The molecule has 4 rings (SSSR count). The van der Waals surface area contributed by atoms with Gasteiger partial charge in [-0.15, -0.1) is 0 Å². The number of nitro benzene ring substituents is 1. The molecule has 26 heavy (non-hydrogen) atoms. The van der Waals surface area contributed by atoms with Gasteiger partial charge in [-0.1, -0.05) is 40.9 Å². The number of phenols is 1. The number of aromatic hydroxyl groups is 1. The van der Waals surface area contributed by atoms with Gasteiger partial charge in [0.05, 0.1) is 15.0 Å². The van der Waals surface area contributed by atoms with Crippen LogP contribution in [0.25, 0.3) is 22.3 Å². The average Bonchev–Trinajstić information content (AvgIpc) is 3.40. The summed E-state index contributed by atoms with van der Waals surface area (Å²) in [5, 5.41) is 22.0. The van der Waals surface area contributed by atoms with Crippen LogP contribution in [-0.4, -0.2) is 10.0 Å². The van der Waals surface area contributed by atoms with Crippen LogP contribution in [0.3, 0.4) is 0 Å². The Hall–Kier alpha value is -2.47. The lowest BCUT2D eigenvalue weighted by atomic mass is 9.94. The van der Waals surface area contributed by atoms with Gasteiger partial charge in [0.15, 0.2) is 11.5 Å². The first kappa shape index (κ1) is 17.0. The van der Waals surface area contributed by atoms with E-state index in [1.165, 1.54) is 18.2 Å². The van der Waals surface area contributed by atoms with Crippen molar-refractivity contribution in [2.75, 3.05) is 0 Å². The van der Waals surface area contributed by atoms with E-state index in [-0.39, 0.29) is 16.5 Å². The number of benzene rings is 3. The fourth-order valence-corrected chi connectivity index (χ4v) is 3.51. The fourth-order valence-electron chi connectivity index (χ4n) is 2.78.